The fourth-order valence-corrected chi connectivity index (χ4v) is 3.29. The zero-order valence-corrected chi connectivity index (χ0v) is 12.0. The second-order valence-corrected chi connectivity index (χ2v) is 6.24. The molecule has 0 spiro atoms. The molecule has 1 rings (SSSR count). The molecule has 96 valence electrons. The predicted octanol–water partition coefficient (Wildman–Crippen LogP) is 2.06. The third-order valence-corrected chi connectivity index (χ3v) is 5.29. The molecule has 1 aromatic heterocycles. The molecule has 4 nitrogen and oxygen atoms in total. The lowest BCUT2D eigenvalue weighted by atomic mass is 10.0. The molecule has 0 aliphatic rings. The highest BCUT2D eigenvalue weighted by Crippen LogP contribution is 2.17. The first-order valence-electron chi connectivity index (χ1n) is 5.03. The van der Waals surface area contributed by atoms with E-state index in [1.165, 1.54) is 0 Å². The van der Waals surface area contributed by atoms with Gasteiger partial charge in [0.15, 0.2) is 0 Å². The van der Waals surface area contributed by atoms with Crippen LogP contribution in [-0.2, 0) is 10.0 Å². The largest absolute Gasteiger partial charge is 0.260 e. The average Bonchev–Trinajstić information content (AvgIpc) is 2.28. The van der Waals surface area contributed by atoms with Gasteiger partial charge in [0, 0.05) is 17.1 Å². The van der Waals surface area contributed by atoms with Gasteiger partial charge in [-0.3, -0.25) is 4.98 Å². The summed E-state index contributed by atoms with van der Waals surface area (Å²) in [5, 5.41) is 0.471. The lowest BCUT2D eigenvalue weighted by Gasteiger charge is -2.26. The molecule has 7 heteroatoms. The number of hydrogen-bond donors (Lipinski definition) is 1. The van der Waals surface area contributed by atoms with Gasteiger partial charge < -0.3 is 0 Å². The highest BCUT2D eigenvalue weighted by molar-refractivity contribution is 9.09. The van der Waals surface area contributed by atoms with E-state index in [-0.39, 0.29) is 4.90 Å². The maximum atomic E-state index is 12.9. The number of pyridine rings is 1. The molecule has 0 radical (unpaired) electrons. The van der Waals surface area contributed by atoms with Crippen molar-refractivity contribution in [3.63, 3.8) is 0 Å². The SMILES string of the molecule is CCC(C)(CBr)NS(=O)(=O)c1cncc(F)c1. The normalized spacial score (nSPS) is 15.5. The molecule has 1 unspecified atom stereocenters. The van der Waals surface area contributed by atoms with Crippen LogP contribution >= 0.6 is 15.9 Å². The maximum Gasteiger partial charge on any atom is 0.242 e. The fourth-order valence-electron chi connectivity index (χ4n) is 1.12. The minimum atomic E-state index is -3.75. The molecule has 0 aliphatic heterocycles. The van der Waals surface area contributed by atoms with Crippen LogP contribution in [0, 0.1) is 5.82 Å². The number of hydrogen-bond acceptors (Lipinski definition) is 3. The van der Waals surface area contributed by atoms with Gasteiger partial charge in [0.1, 0.15) is 10.7 Å². The van der Waals surface area contributed by atoms with Crippen LogP contribution in [0.1, 0.15) is 20.3 Å². The van der Waals surface area contributed by atoms with E-state index in [2.05, 4.69) is 25.6 Å². The minimum absolute atomic E-state index is 0.168. The zero-order chi connectivity index (χ0) is 13.1. The molecule has 0 fully saturated rings. The standard InChI is InChI=1S/C10H14BrFN2O2S/c1-3-10(2,7-11)14-17(15,16)9-4-8(12)5-13-6-9/h4-6,14H,3,7H2,1-2H3. The highest BCUT2D eigenvalue weighted by atomic mass is 79.9. The Balaban J connectivity index is 3.05. The Kier molecular flexibility index (Phi) is 4.62. The third kappa shape index (κ3) is 3.72. The summed E-state index contributed by atoms with van der Waals surface area (Å²) >= 11 is 3.26. The van der Waals surface area contributed by atoms with Crippen molar-refractivity contribution in [2.45, 2.75) is 30.7 Å². The van der Waals surface area contributed by atoms with Crippen molar-refractivity contribution in [1.29, 1.82) is 0 Å². The van der Waals surface area contributed by atoms with E-state index in [0.29, 0.717) is 11.8 Å². The molecule has 0 saturated carbocycles. The van der Waals surface area contributed by atoms with Gasteiger partial charge in [0.25, 0.3) is 0 Å². The van der Waals surface area contributed by atoms with E-state index >= 15 is 0 Å². The summed E-state index contributed by atoms with van der Waals surface area (Å²) in [5.41, 5.74) is -0.606. The Hall–Kier alpha value is -0.530. The second-order valence-electron chi connectivity index (χ2n) is 3.99. The first-order chi connectivity index (χ1) is 7.83. The van der Waals surface area contributed by atoms with Crippen LogP contribution in [0.3, 0.4) is 0 Å². The summed E-state index contributed by atoms with van der Waals surface area (Å²) in [7, 11) is -3.75. The number of halogens is 2. The van der Waals surface area contributed by atoms with Crippen LogP contribution in [0.5, 0.6) is 0 Å². The van der Waals surface area contributed by atoms with Gasteiger partial charge in [-0.1, -0.05) is 22.9 Å². The van der Waals surface area contributed by atoms with Crippen molar-refractivity contribution in [1.82, 2.24) is 9.71 Å². The van der Waals surface area contributed by atoms with Crippen molar-refractivity contribution in [3.8, 4) is 0 Å². The number of nitrogens with one attached hydrogen (secondary N) is 1. The summed E-state index contributed by atoms with van der Waals surface area (Å²) in [4.78, 5) is 3.36. The van der Waals surface area contributed by atoms with Crippen LogP contribution < -0.4 is 4.72 Å². The molecule has 0 aliphatic carbocycles. The molecule has 0 bridgehead atoms. The van der Waals surface area contributed by atoms with E-state index in [1.54, 1.807) is 6.92 Å². The fraction of sp³-hybridized carbons (Fsp3) is 0.500. The molecule has 0 amide bonds. The Labute approximate surface area is 109 Å². The van der Waals surface area contributed by atoms with Crippen LogP contribution in [0.2, 0.25) is 0 Å². The number of aromatic nitrogens is 1. The summed E-state index contributed by atoms with van der Waals surface area (Å²) in [6, 6.07) is 0.944. The van der Waals surface area contributed by atoms with Crippen LogP contribution in [-0.4, -0.2) is 24.3 Å². The van der Waals surface area contributed by atoms with Crippen LogP contribution in [0.15, 0.2) is 23.4 Å². The Morgan fingerprint density at radius 1 is 1.53 bits per heavy atom. The zero-order valence-electron chi connectivity index (χ0n) is 9.57. The molecule has 1 heterocycles. The number of rotatable bonds is 5. The number of nitrogens with zero attached hydrogens (tertiary/aromatic N) is 1. The molecule has 0 aromatic carbocycles. The maximum absolute atomic E-state index is 12.9. The summed E-state index contributed by atoms with van der Waals surface area (Å²) < 4.78 is 39.4. The molecule has 0 saturated heterocycles. The lowest BCUT2D eigenvalue weighted by Crippen LogP contribution is -2.46. The number of sulfonamides is 1. The lowest BCUT2D eigenvalue weighted by molar-refractivity contribution is 0.449. The topological polar surface area (TPSA) is 59.1 Å². The first-order valence-corrected chi connectivity index (χ1v) is 7.64. The predicted molar refractivity (Wildman–Crippen MR) is 67.0 cm³/mol. The molecule has 1 N–H and O–H groups in total. The van der Waals surface area contributed by atoms with Crippen LogP contribution in [0.25, 0.3) is 0 Å². The third-order valence-electron chi connectivity index (χ3n) is 2.45. The first kappa shape index (κ1) is 14.5. The smallest absolute Gasteiger partial charge is 0.242 e. The minimum Gasteiger partial charge on any atom is -0.260 e. The molecular formula is C10H14BrFN2O2S. The quantitative estimate of drug-likeness (QED) is 0.843. The highest BCUT2D eigenvalue weighted by Gasteiger charge is 2.28. The molecule has 1 aromatic rings. The van der Waals surface area contributed by atoms with E-state index in [9.17, 15) is 12.8 Å². The van der Waals surface area contributed by atoms with Gasteiger partial charge in [0.05, 0.1) is 6.20 Å². The summed E-state index contributed by atoms with van der Waals surface area (Å²) in [5.74, 6) is -0.676. The van der Waals surface area contributed by atoms with Crippen molar-refractivity contribution >= 4 is 26.0 Å². The molecule has 17 heavy (non-hydrogen) atoms. The Bertz CT molecular complexity index is 489. The summed E-state index contributed by atoms with van der Waals surface area (Å²) in [6.45, 7) is 3.64. The second kappa shape index (κ2) is 5.41. The van der Waals surface area contributed by atoms with Gasteiger partial charge >= 0.3 is 0 Å². The van der Waals surface area contributed by atoms with E-state index in [4.69, 9.17) is 0 Å². The molecule has 1 atom stereocenters. The summed E-state index contributed by atoms with van der Waals surface area (Å²) in [6.07, 6.45) is 2.69. The number of alkyl halides is 1. The van der Waals surface area contributed by atoms with E-state index < -0.39 is 21.4 Å². The van der Waals surface area contributed by atoms with Crippen molar-refractivity contribution in [2.75, 3.05) is 5.33 Å². The van der Waals surface area contributed by atoms with Gasteiger partial charge in [-0.25, -0.2) is 17.5 Å². The van der Waals surface area contributed by atoms with Crippen molar-refractivity contribution in [2.24, 2.45) is 0 Å². The average molecular weight is 325 g/mol. The monoisotopic (exact) mass is 324 g/mol. The van der Waals surface area contributed by atoms with Gasteiger partial charge in [-0.05, 0) is 19.4 Å². The van der Waals surface area contributed by atoms with Gasteiger partial charge in [-0.2, -0.15) is 0 Å². The van der Waals surface area contributed by atoms with Gasteiger partial charge in [-0.15, -0.1) is 0 Å². The van der Waals surface area contributed by atoms with Crippen molar-refractivity contribution in [3.05, 3.63) is 24.3 Å². The van der Waals surface area contributed by atoms with Gasteiger partial charge in [0.2, 0.25) is 10.0 Å². The van der Waals surface area contributed by atoms with Crippen LogP contribution in [0.4, 0.5) is 4.39 Å². The van der Waals surface area contributed by atoms with Crippen molar-refractivity contribution < 1.29 is 12.8 Å². The molecular weight excluding hydrogens is 311 g/mol. The van der Waals surface area contributed by atoms with E-state index in [1.807, 2.05) is 6.92 Å². The Morgan fingerprint density at radius 2 is 2.18 bits per heavy atom. The Morgan fingerprint density at radius 3 is 2.65 bits per heavy atom. The van der Waals surface area contributed by atoms with E-state index in [0.717, 1.165) is 18.5 Å².